The maximum Gasteiger partial charge on any atom is 0.143 e. The van der Waals surface area contributed by atoms with Gasteiger partial charge in [-0.3, -0.25) is 0 Å². The number of fused-ring (bicyclic) bond motifs is 6. The summed E-state index contributed by atoms with van der Waals surface area (Å²) in [7, 11) is 0. The predicted molar refractivity (Wildman–Crippen MR) is 162 cm³/mol. The molecule has 1 aromatic heterocycles. The number of hydrogen-bond acceptors (Lipinski definition) is 1. The number of hydrogen-bond donors (Lipinski definition) is 0. The van der Waals surface area contributed by atoms with Crippen molar-refractivity contribution < 1.29 is 4.42 Å². The quantitative estimate of drug-likeness (QED) is 0.222. The first-order valence-corrected chi connectivity index (χ1v) is 13.1. The Morgan fingerprint density at radius 3 is 1.66 bits per heavy atom. The monoisotopic (exact) mass is 484 g/mol. The van der Waals surface area contributed by atoms with Gasteiger partial charge in [0.1, 0.15) is 11.2 Å². The van der Waals surface area contributed by atoms with Crippen LogP contribution in [0.2, 0.25) is 0 Å². The fraction of sp³-hybridized carbons (Fsp3) is 0.0270. The summed E-state index contributed by atoms with van der Waals surface area (Å²) in [4.78, 5) is 0. The van der Waals surface area contributed by atoms with Crippen molar-refractivity contribution in [2.45, 2.75) is 6.92 Å². The molecular weight excluding hydrogens is 460 g/mol. The molecule has 1 heterocycles. The minimum atomic E-state index is 0.930. The Kier molecular flexibility index (Phi) is 4.50. The van der Waals surface area contributed by atoms with E-state index in [2.05, 4.69) is 134 Å². The van der Waals surface area contributed by atoms with Gasteiger partial charge in [0.2, 0.25) is 0 Å². The summed E-state index contributed by atoms with van der Waals surface area (Å²) >= 11 is 0. The third kappa shape index (κ3) is 2.99. The lowest BCUT2D eigenvalue weighted by Gasteiger charge is -2.18. The van der Waals surface area contributed by atoms with Crippen molar-refractivity contribution in [2.24, 2.45) is 0 Å². The Hall–Kier alpha value is -4.88. The second-order valence-corrected chi connectivity index (χ2v) is 10.2. The van der Waals surface area contributed by atoms with Gasteiger partial charge in [-0.1, -0.05) is 121 Å². The van der Waals surface area contributed by atoms with Crippen LogP contribution in [0.25, 0.3) is 76.5 Å². The van der Waals surface area contributed by atoms with E-state index in [0.29, 0.717) is 0 Å². The molecule has 178 valence electrons. The Labute approximate surface area is 220 Å². The fourth-order valence-corrected chi connectivity index (χ4v) is 6.26. The molecule has 0 saturated heterocycles. The van der Waals surface area contributed by atoms with E-state index >= 15 is 0 Å². The maximum atomic E-state index is 6.56. The van der Waals surface area contributed by atoms with E-state index in [0.717, 1.165) is 22.1 Å². The molecule has 38 heavy (non-hydrogen) atoms. The van der Waals surface area contributed by atoms with Crippen LogP contribution in [0.1, 0.15) is 5.56 Å². The van der Waals surface area contributed by atoms with Gasteiger partial charge < -0.3 is 4.42 Å². The molecule has 7 aromatic carbocycles. The van der Waals surface area contributed by atoms with Crippen LogP contribution in [0.4, 0.5) is 0 Å². The zero-order chi connectivity index (χ0) is 25.2. The number of rotatable bonds is 2. The number of aryl methyl sites for hydroxylation is 1. The SMILES string of the molecule is Cc1ccc2oc3c(-c4c5ccccc5c(-c5cccc6ccccc56)c5ccccc45)cccc3c2c1. The average Bonchev–Trinajstić information content (AvgIpc) is 3.34. The highest BCUT2D eigenvalue weighted by atomic mass is 16.3. The zero-order valence-corrected chi connectivity index (χ0v) is 21.0. The van der Waals surface area contributed by atoms with Gasteiger partial charge in [0.05, 0.1) is 0 Å². The molecular formula is C37H24O. The Bertz CT molecular complexity index is 2130. The summed E-state index contributed by atoms with van der Waals surface area (Å²) < 4.78 is 6.56. The second kappa shape index (κ2) is 8.06. The molecule has 1 nitrogen and oxygen atoms in total. The molecule has 1 heteroatoms. The molecule has 0 bridgehead atoms. The number of furan rings is 1. The maximum absolute atomic E-state index is 6.56. The summed E-state index contributed by atoms with van der Waals surface area (Å²) in [5, 5.41) is 9.83. The highest BCUT2D eigenvalue weighted by molar-refractivity contribution is 6.25. The van der Waals surface area contributed by atoms with E-state index in [1.807, 2.05) is 0 Å². The van der Waals surface area contributed by atoms with Gasteiger partial charge in [-0.15, -0.1) is 0 Å². The van der Waals surface area contributed by atoms with Crippen LogP contribution in [0.15, 0.2) is 132 Å². The molecule has 0 unspecified atom stereocenters. The van der Waals surface area contributed by atoms with Crippen molar-refractivity contribution in [3.05, 3.63) is 133 Å². The lowest BCUT2D eigenvalue weighted by atomic mass is 9.84. The molecule has 0 saturated carbocycles. The van der Waals surface area contributed by atoms with Gasteiger partial charge in [-0.05, 0) is 62.5 Å². The summed E-state index contributed by atoms with van der Waals surface area (Å²) in [6.45, 7) is 2.13. The number of para-hydroxylation sites is 1. The van der Waals surface area contributed by atoms with Crippen LogP contribution in [-0.4, -0.2) is 0 Å². The topological polar surface area (TPSA) is 13.1 Å². The molecule has 0 atom stereocenters. The molecule has 0 aliphatic heterocycles. The molecule has 0 spiro atoms. The highest BCUT2D eigenvalue weighted by Crippen LogP contribution is 2.47. The fourth-order valence-electron chi connectivity index (χ4n) is 6.26. The van der Waals surface area contributed by atoms with E-state index in [1.54, 1.807) is 0 Å². The lowest BCUT2D eigenvalue weighted by molar-refractivity contribution is 0.670. The molecule has 0 aliphatic rings. The van der Waals surface area contributed by atoms with Crippen LogP contribution in [0.3, 0.4) is 0 Å². The molecule has 0 radical (unpaired) electrons. The van der Waals surface area contributed by atoms with Crippen LogP contribution in [0, 0.1) is 6.92 Å². The number of benzene rings is 7. The lowest BCUT2D eigenvalue weighted by Crippen LogP contribution is -1.91. The summed E-state index contributed by atoms with van der Waals surface area (Å²) in [5.74, 6) is 0. The van der Waals surface area contributed by atoms with Gasteiger partial charge in [-0.2, -0.15) is 0 Å². The standard InChI is InChI=1S/C37H24O/c1-23-20-21-34-33(22-23)31-18-9-19-32(37(31)38-34)36-29-15-6-4-13-27(29)35(28-14-5-7-16-30(28)36)26-17-8-11-24-10-2-3-12-25(24)26/h2-22H,1H3. The van der Waals surface area contributed by atoms with E-state index in [9.17, 15) is 0 Å². The highest BCUT2D eigenvalue weighted by Gasteiger charge is 2.20. The smallest absolute Gasteiger partial charge is 0.143 e. The molecule has 0 fully saturated rings. The van der Waals surface area contributed by atoms with Crippen molar-refractivity contribution in [3.63, 3.8) is 0 Å². The molecule has 8 rings (SSSR count). The predicted octanol–water partition coefficient (Wildman–Crippen LogP) is 10.7. The van der Waals surface area contributed by atoms with Crippen LogP contribution in [0.5, 0.6) is 0 Å². The minimum absolute atomic E-state index is 0.930. The summed E-state index contributed by atoms with van der Waals surface area (Å²) in [6.07, 6.45) is 0. The van der Waals surface area contributed by atoms with E-state index in [-0.39, 0.29) is 0 Å². The molecule has 8 aromatic rings. The van der Waals surface area contributed by atoms with Crippen LogP contribution in [-0.2, 0) is 0 Å². The average molecular weight is 485 g/mol. The third-order valence-electron chi connectivity index (χ3n) is 7.91. The molecule has 0 aliphatic carbocycles. The van der Waals surface area contributed by atoms with Crippen LogP contribution < -0.4 is 0 Å². The Balaban J connectivity index is 1.56. The van der Waals surface area contributed by atoms with Crippen molar-refractivity contribution in [1.29, 1.82) is 0 Å². The van der Waals surface area contributed by atoms with E-state index in [4.69, 9.17) is 4.42 Å². The zero-order valence-electron chi connectivity index (χ0n) is 21.0. The van der Waals surface area contributed by atoms with Gasteiger partial charge in [0.25, 0.3) is 0 Å². The Morgan fingerprint density at radius 1 is 0.421 bits per heavy atom. The Morgan fingerprint density at radius 2 is 0.947 bits per heavy atom. The molecule has 0 amide bonds. The summed E-state index contributed by atoms with van der Waals surface area (Å²) in [6, 6.07) is 46.0. The van der Waals surface area contributed by atoms with Gasteiger partial charge in [0, 0.05) is 21.9 Å². The van der Waals surface area contributed by atoms with E-state index < -0.39 is 0 Å². The first-order valence-electron chi connectivity index (χ1n) is 13.1. The van der Waals surface area contributed by atoms with Gasteiger partial charge in [0.15, 0.2) is 0 Å². The second-order valence-electron chi connectivity index (χ2n) is 10.2. The summed E-state index contributed by atoms with van der Waals surface area (Å²) in [5.41, 5.74) is 8.01. The van der Waals surface area contributed by atoms with Gasteiger partial charge >= 0.3 is 0 Å². The molecule has 0 N–H and O–H groups in total. The van der Waals surface area contributed by atoms with Gasteiger partial charge in [-0.25, -0.2) is 0 Å². The minimum Gasteiger partial charge on any atom is -0.455 e. The normalized spacial score (nSPS) is 11.8. The van der Waals surface area contributed by atoms with Crippen molar-refractivity contribution >= 4 is 54.3 Å². The first-order chi connectivity index (χ1) is 18.8. The van der Waals surface area contributed by atoms with Crippen molar-refractivity contribution in [3.8, 4) is 22.3 Å². The van der Waals surface area contributed by atoms with Crippen LogP contribution >= 0.6 is 0 Å². The van der Waals surface area contributed by atoms with Crippen molar-refractivity contribution in [2.75, 3.05) is 0 Å². The van der Waals surface area contributed by atoms with E-state index in [1.165, 1.54) is 60.0 Å². The van der Waals surface area contributed by atoms with Crippen molar-refractivity contribution in [1.82, 2.24) is 0 Å². The first kappa shape index (κ1) is 21.2. The third-order valence-corrected chi connectivity index (χ3v) is 7.91. The largest absolute Gasteiger partial charge is 0.455 e.